The number of benzene rings is 2. The monoisotopic (exact) mass is 288 g/mol. The molecule has 110 valence electrons. The van der Waals surface area contributed by atoms with Crippen molar-refractivity contribution in [2.45, 2.75) is 6.54 Å². The third-order valence-electron chi connectivity index (χ3n) is 3.21. The largest absolute Gasteiger partial charge is 0.465 e. The first kappa shape index (κ1) is 14.8. The molecule has 0 fully saturated rings. The molecule has 0 radical (unpaired) electrons. The lowest BCUT2D eigenvalue weighted by Crippen LogP contribution is -2.19. The van der Waals surface area contributed by atoms with Crippen molar-refractivity contribution in [3.8, 4) is 0 Å². The van der Waals surface area contributed by atoms with Crippen LogP contribution in [0.3, 0.4) is 0 Å². The van der Waals surface area contributed by atoms with Gasteiger partial charge in [0, 0.05) is 13.6 Å². The zero-order chi connectivity index (χ0) is 15.4. The minimum absolute atomic E-state index is 0.280. The van der Waals surface area contributed by atoms with Crippen molar-refractivity contribution in [1.82, 2.24) is 0 Å². The Balaban J connectivity index is 2.27. The molecule has 5 heteroatoms. The molecule has 21 heavy (non-hydrogen) atoms. The van der Waals surface area contributed by atoms with Crippen LogP contribution in [0.1, 0.15) is 15.9 Å². The van der Waals surface area contributed by atoms with Gasteiger partial charge in [-0.25, -0.2) is 9.18 Å². The van der Waals surface area contributed by atoms with Crippen molar-refractivity contribution in [2.24, 2.45) is 0 Å². The summed E-state index contributed by atoms with van der Waals surface area (Å²) in [6.45, 7) is 0.479. The van der Waals surface area contributed by atoms with Crippen LogP contribution in [0.25, 0.3) is 0 Å². The summed E-state index contributed by atoms with van der Waals surface area (Å²) in [7, 11) is 3.14. The van der Waals surface area contributed by atoms with Gasteiger partial charge in [0.1, 0.15) is 5.82 Å². The summed E-state index contributed by atoms with van der Waals surface area (Å²) < 4.78 is 17.9. The molecule has 0 aromatic heterocycles. The van der Waals surface area contributed by atoms with Crippen LogP contribution in [0, 0.1) is 5.82 Å². The second kappa shape index (κ2) is 6.26. The minimum Gasteiger partial charge on any atom is -0.465 e. The van der Waals surface area contributed by atoms with Crippen LogP contribution in [0.5, 0.6) is 0 Å². The number of nitrogens with zero attached hydrogens (tertiary/aromatic N) is 1. The number of ether oxygens (including phenoxy) is 1. The number of hydrogen-bond donors (Lipinski definition) is 1. The van der Waals surface area contributed by atoms with E-state index in [2.05, 4.69) is 0 Å². The van der Waals surface area contributed by atoms with Gasteiger partial charge in [-0.2, -0.15) is 0 Å². The van der Waals surface area contributed by atoms with Gasteiger partial charge >= 0.3 is 5.97 Å². The molecule has 2 aromatic carbocycles. The highest BCUT2D eigenvalue weighted by Crippen LogP contribution is 2.27. The lowest BCUT2D eigenvalue weighted by molar-refractivity contribution is 0.0602. The van der Waals surface area contributed by atoms with Gasteiger partial charge in [-0.1, -0.05) is 18.2 Å². The van der Waals surface area contributed by atoms with Gasteiger partial charge in [-0.3, -0.25) is 0 Å². The quantitative estimate of drug-likeness (QED) is 0.694. The lowest BCUT2D eigenvalue weighted by Gasteiger charge is -2.22. The fourth-order valence-corrected chi connectivity index (χ4v) is 2.17. The number of hydrogen-bond acceptors (Lipinski definition) is 4. The van der Waals surface area contributed by atoms with E-state index < -0.39 is 5.97 Å². The number of esters is 1. The summed E-state index contributed by atoms with van der Waals surface area (Å²) in [6, 6.07) is 11.5. The molecular weight excluding hydrogens is 271 g/mol. The van der Waals surface area contributed by atoms with E-state index in [1.54, 1.807) is 24.3 Å². The highest BCUT2D eigenvalue weighted by molar-refractivity contribution is 5.98. The molecule has 0 heterocycles. The van der Waals surface area contributed by atoms with Gasteiger partial charge in [0.15, 0.2) is 0 Å². The van der Waals surface area contributed by atoms with E-state index in [0.717, 1.165) is 5.56 Å². The number of carbonyl (C=O) groups excluding carboxylic acids is 1. The van der Waals surface area contributed by atoms with E-state index in [1.807, 2.05) is 18.0 Å². The topological polar surface area (TPSA) is 55.6 Å². The van der Waals surface area contributed by atoms with Crippen molar-refractivity contribution in [3.05, 3.63) is 59.4 Å². The van der Waals surface area contributed by atoms with Crippen LogP contribution in [0.2, 0.25) is 0 Å². The van der Waals surface area contributed by atoms with Crippen LogP contribution in [0.4, 0.5) is 15.8 Å². The van der Waals surface area contributed by atoms with Gasteiger partial charge in [-0.15, -0.1) is 0 Å². The summed E-state index contributed by atoms with van der Waals surface area (Å²) in [6.07, 6.45) is 0. The summed E-state index contributed by atoms with van der Waals surface area (Å²) in [4.78, 5) is 13.5. The molecule has 0 spiro atoms. The van der Waals surface area contributed by atoms with E-state index in [1.165, 1.54) is 19.2 Å². The number of nitrogen functional groups attached to an aromatic ring is 1. The fraction of sp³-hybridized carbons (Fsp3) is 0.188. The van der Waals surface area contributed by atoms with Crippen LogP contribution in [0.15, 0.2) is 42.5 Å². The molecule has 2 aromatic rings. The second-order valence-electron chi connectivity index (χ2n) is 4.72. The highest BCUT2D eigenvalue weighted by atomic mass is 19.1. The van der Waals surface area contributed by atoms with E-state index in [-0.39, 0.29) is 5.82 Å². The smallest absolute Gasteiger partial charge is 0.340 e. The molecule has 0 bridgehead atoms. The lowest BCUT2D eigenvalue weighted by atomic mass is 10.1. The average Bonchev–Trinajstić information content (AvgIpc) is 2.46. The number of para-hydroxylation sites is 1. The van der Waals surface area contributed by atoms with E-state index in [4.69, 9.17) is 10.5 Å². The fourth-order valence-electron chi connectivity index (χ4n) is 2.17. The third-order valence-corrected chi connectivity index (χ3v) is 3.21. The first-order valence-corrected chi connectivity index (χ1v) is 6.45. The molecule has 0 atom stereocenters. The van der Waals surface area contributed by atoms with Crippen LogP contribution < -0.4 is 10.6 Å². The maximum atomic E-state index is 13.2. The van der Waals surface area contributed by atoms with E-state index in [9.17, 15) is 9.18 Å². The Hall–Kier alpha value is -2.56. The predicted molar refractivity (Wildman–Crippen MR) is 80.7 cm³/mol. The maximum Gasteiger partial charge on any atom is 0.340 e. The van der Waals surface area contributed by atoms with Crippen LogP contribution in [-0.2, 0) is 11.3 Å². The Morgan fingerprint density at radius 1 is 1.29 bits per heavy atom. The van der Waals surface area contributed by atoms with Gasteiger partial charge in [0.25, 0.3) is 0 Å². The Bertz CT molecular complexity index is 658. The molecule has 4 nitrogen and oxygen atoms in total. The summed E-state index contributed by atoms with van der Waals surface area (Å²) in [5, 5.41) is 0. The number of halogens is 1. The van der Waals surface area contributed by atoms with E-state index >= 15 is 0 Å². The number of anilines is 2. The zero-order valence-corrected chi connectivity index (χ0v) is 12.0. The molecule has 0 unspecified atom stereocenters. The van der Waals surface area contributed by atoms with Crippen molar-refractivity contribution in [2.75, 3.05) is 24.8 Å². The van der Waals surface area contributed by atoms with Crippen molar-refractivity contribution in [3.63, 3.8) is 0 Å². The molecule has 0 amide bonds. The number of nitrogens with two attached hydrogens (primary N) is 1. The van der Waals surface area contributed by atoms with Crippen LogP contribution in [-0.4, -0.2) is 20.1 Å². The first-order valence-electron chi connectivity index (χ1n) is 6.45. The Kier molecular flexibility index (Phi) is 4.42. The van der Waals surface area contributed by atoms with E-state index in [0.29, 0.717) is 23.5 Å². The normalized spacial score (nSPS) is 10.2. The standard InChI is InChI=1S/C16H17FN2O2/c1-19(10-11-5-3-6-12(17)9-11)14-8-4-7-13(15(14)18)16(20)21-2/h3-9H,10,18H2,1-2H3. The molecule has 0 saturated carbocycles. The SMILES string of the molecule is COC(=O)c1cccc(N(C)Cc2cccc(F)c2)c1N. The number of methoxy groups -OCH3 is 1. The minimum atomic E-state index is -0.478. The molecule has 0 aliphatic rings. The Labute approximate surface area is 122 Å². The number of rotatable bonds is 4. The maximum absolute atomic E-state index is 13.2. The molecule has 0 aliphatic carbocycles. The highest BCUT2D eigenvalue weighted by Gasteiger charge is 2.15. The summed E-state index contributed by atoms with van der Waals surface area (Å²) in [5.41, 5.74) is 8.21. The Morgan fingerprint density at radius 3 is 2.67 bits per heavy atom. The van der Waals surface area contributed by atoms with Gasteiger partial charge in [0.2, 0.25) is 0 Å². The molecule has 0 saturated heterocycles. The number of carbonyl (C=O) groups is 1. The van der Waals surface area contributed by atoms with Gasteiger partial charge < -0.3 is 15.4 Å². The average molecular weight is 288 g/mol. The van der Waals surface area contributed by atoms with Gasteiger partial charge in [0.05, 0.1) is 24.0 Å². The first-order chi connectivity index (χ1) is 10.0. The molecule has 2 rings (SSSR count). The van der Waals surface area contributed by atoms with Crippen molar-refractivity contribution in [1.29, 1.82) is 0 Å². The zero-order valence-electron chi connectivity index (χ0n) is 12.0. The van der Waals surface area contributed by atoms with Gasteiger partial charge in [-0.05, 0) is 29.8 Å². The Morgan fingerprint density at radius 2 is 2.00 bits per heavy atom. The summed E-state index contributed by atoms with van der Waals surface area (Å²) >= 11 is 0. The van der Waals surface area contributed by atoms with Crippen molar-refractivity contribution >= 4 is 17.3 Å². The predicted octanol–water partition coefficient (Wildman–Crippen LogP) is 2.83. The molecule has 0 aliphatic heterocycles. The third kappa shape index (κ3) is 3.31. The second-order valence-corrected chi connectivity index (χ2v) is 4.72. The summed E-state index contributed by atoms with van der Waals surface area (Å²) in [5.74, 6) is -0.759. The molecular formula is C16H17FN2O2. The molecule has 2 N–H and O–H groups in total. The van der Waals surface area contributed by atoms with Crippen molar-refractivity contribution < 1.29 is 13.9 Å². The van der Waals surface area contributed by atoms with Crippen LogP contribution >= 0.6 is 0 Å².